The Morgan fingerprint density at radius 1 is 1.17 bits per heavy atom. The molecule has 1 aliphatic carbocycles. The van der Waals surface area contributed by atoms with Gasteiger partial charge in [0.2, 0.25) is 5.91 Å². The Morgan fingerprint density at radius 3 is 2.61 bits per heavy atom. The van der Waals surface area contributed by atoms with E-state index in [1.54, 1.807) is 0 Å². The molecule has 1 N–H and O–H groups in total. The van der Waals surface area contributed by atoms with Crippen molar-refractivity contribution >= 4 is 5.91 Å². The average Bonchev–Trinajstić information content (AvgIpc) is 2.90. The Hall–Kier alpha value is -0.570. The van der Waals surface area contributed by atoms with Crippen LogP contribution in [-0.2, 0) is 4.79 Å². The number of amides is 1. The van der Waals surface area contributed by atoms with E-state index in [2.05, 4.69) is 17.1 Å². The molecule has 1 atom stereocenters. The lowest BCUT2D eigenvalue weighted by molar-refractivity contribution is -0.124. The molecule has 2 rings (SSSR count). The number of nitrogens with one attached hydrogen (secondary N) is 1. The van der Waals surface area contributed by atoms with Gasteiger partial charge in [-0.25, -0.2) is 0 Å². The monoisotopic (exact) mass is 252 g/mol. The number of hydrogen-bond acceptors (Lipinski definition) is 2. The Kier molecular flexibility index (Phi) is 5.48. The Bertz CT molecular complexity index is 261. The van der Waals surface area contributed by atoms with Crippen LogP contribution in [0.15, 0.2) is 0 Å². The van der Waals surface area contributed by atoms with Crippen molar-refractivity contribution < 1.29 is 4.79 Å². The molecule has 1 saturated carbocycles. The van der Waals surface area contributed by atoms with Gasteiger partial charge in [-0.2, -0.15) is 0 Å². The minimum absolute atomic E-state index is 0.305. The third-order valence-corrected chi connectivity index (χ3v) is 4.59. The quantitative estimate of drug-likeness (QED) is 0.763. The van der Waals surface area contributed by atoms with Gasteiger partial charge in [0.15, 0.2) is 0 Å². The molecule has 0 aromatic rings. The Morgan fingerprint density at radius 2 is 1.89 bits per heavy atom. The maximum absolute atomic E-state index is 11.8. The van der Waals surface area contributed by atoms with Crippen LogP contribution in [0, 0.1) is 5.92 Å². The van der Waals surface area contributed by atoms with E-state index in [-0.39, 0.29) is 0 Å². The highest BCUT2D eigenvalue weighted by Gasteiger charge is 2.22. The number of piperidine rings is 1. The van der Waals surface area contributed by atoms with E-state index in [1.807, 2.05) is 0 Å². The molecule has 0 aromatic carbocycles. The summed E-state index contributed by atoms with van der Waals surface area (Å²) >= 11 is 0. The number of nitrogens with zero attached hydrogens (tertiary/aromatic N) is 1. The van der Waals surface area contributed by atoms with Crippen molar-refractivity contribution in [1.29, 1.82) is 0 Å². The molecular weight excluding hydrogens is 224 g/mol. The fraction of sp³-hybridized carbons (Fsp3) is 0.933. The molecule has 1 unspecified atom stereocenters. The van der Waals surface area contributed by atoms with Gasteiger partial charge in [0, 0.05) is 25.0 Å². The van der Waals surface area contributed by atoms with E-state index in [1.165, 1.54) is 38.6 Å². The molecule has 2 fully saturated rings. The van der Waals surface area contributed by atoms with E-state index >= 15 is 0 Å². The van der Waals surface area contributed by atoms with Crippen LogP contribution < -0.4 is 5.32 Å². The highest BCUT2D eigenvalue weighted by molar-refractivity contribution is 5.78. The van der Waals surface area contributed by atoms with Crippen LogP contribution >= 0.6 is 0 Å². The molecule has 0 spiro atoms. The van der Waals surface area contributed by atoms with Crippen LogP contribution in [0.2, 0.25) is 0 Å². The number of carbonyl (C=O) groups is 1. The van der Waals surface area contributed by atoms with Gasteiger partial charge in [-0.05, 0) is 45.6 Å². The van der Waals surface area contributed by atoms with Crippen molar-refractivity contribution in [2.24, 2.45) is 5.92 Å². The summed E-state index contributed by atoms with van der Waals surface area (Å²) in [5.74, 6) is 0.623. The number of hydrogen-bond donors (Lipinski definition) is 1. The predicted molar refractivity (Wildman–Crippen MR) is 74.5 cm³/mol. The number of rotatable bonds is 5. The zero-order chi connectivity index (χ0) is 12.8. The van der Waals surface area contributed by atoms with Gasteiger partial charge in [0.1, 0.15) is 0 Å². The normalized spacial score (nSPS) is 26.4. The second-order valence-electron chi connectivity index (χ2n) is 6.01. The van der Waals surface area contributed by atoms with Crippen LogP contribution in [-0.4, -0.2) is 36.5 Å². The van der Waals surface area contributed by atoms with E-state index in [4.69, 9.17) is 0 Å². The zero-order valence-electron chi connectivity index (χ0n) is 11.8. The third kappa shape index (κ3) is 3.98. The minimum Gasteiger partial charge on any atom is -0.356 e. The zero-order valence-corrected chi connectivity index (χ0v) is 11.8. The second kappa shape index (κ2) is 7.13. The maximum Gasteiger partial charge on any atom is 0.223 e. The summed E-state index contributed by atoms with van der Waals surface area (Å²) in [5, 5.41) is 3.11. The van der Waals surface area contributed by atoms with Gasteiger partial charge in [-0.1, -0.05) is 19.3 Å². The summed E-state index contributed by atoms with van der Waals surface area (Å²) in [4.78, 5) is 14.4. The standard InChI is InChI=1S/C15H28N2O/c1-13-7-4-5-11-17(13)12-6-10-16-15(18)14-8-2-3-9-14/h13-14H,2-12H2,1H3,(H,16,18). The predicted octanol–water partition coefficient (Wildman–Crippen LogP) is 2.56. The topological polar surface area (TPSA) is 32.3 Å². The molecule has 3 heteroatoms. The van der Waals surface area contributed by atoms with Gasteiger partial charge >= 0.3 is 0 Å². The Balaban J connectivity index is 1.56. The van der Waals surface area contributed by atoms with Crippen molar-refractivity contribution in [3.8, 4) is 0 Å². The molecule has 104 valence electrons. The molecule has 3 nitrogen and oxygen atoms in total. The van der Waals surface area contributed by atoms with Gasteiger partial charge in [-0.3, -0.25) is 4.79 Å². The SMILES string of the molecule is CC1CCCCN1CCCNC(=O)C1CCCC1. The largest absolute Gasteiger partial charge is 0.356 e. The van der Waals surface area contributed by atoms with Crippen molar-refractivity contribution in [2.45, 2.75) is 64.3 Å². The summed E-state index contributed by atoms with van der Waals surface area (Å²) in [6.07, 6.45) is 9.86. The van der Waals surface area contributed by atoms with Crippen molar-refractivity contribution in [1.82, 2.24) is 10.2 Å². The first-order valence-electron chi connectivity index (χ1n) is 7.79. The van der Waals surface area contributed by atoms with Crippen molar-refractivity contribution in [2.75, 3.05) is 19.6 Å². The molecule has 1 heterocycles. The third-order valence-electron chi connectivity index (χ3n) is 4.59. The van der Waals surface area contributed by atoms with E-state index in [9.17, 15) is 4.79 Å². The summed E-state index contributed by atoms with van der Waals surface area (Å²) in [6.45, 7) is 5.58. The Labute approximate surface area is 111 Å². The molecule has 1 aliphatic heterocycles. The molecule has 2 aliphatic rings. The average molecular weight is 252 g/mol. The van der Waals surface area contributed by atoms with Crippen LogP contribution in [0.25, 0.3) is 0 Å². The maximum atomic E-state index is 11.8. The lowest BCUT2D eigenvalue weighted by Crippen LogP contribution is -2.39. The molecule has 0 aromatic heterocycles. The van der Waals surface area contributed by atoms with Crippen LogP contribution in [0.4, 0.5) is 0 Å². The van der Waals surface area contributed by atoms with E-state index in [0.29, 0.717) is 11.8 Å². The smallest absolute Gasteiger partial charge is 0.223 e. The van der Waals surface area contributed by atoms with Crippen molar-refractivity contribution in [3.63, 3.8) is 0 Å². The van der Waals surface area contributed by atoms with E-state index < -0.39 is 0 Å². The molecule has 18 heavy (non-hydrogen) atoms. The minimum atomic E-state index is 0.305. The summed E-state index contributed by atoms with van der Waals surface area (Å²) in [5.41, 5.74) is 0. The van der Waals surface area contributed by atoms with Gasteiger partial charge in [0.25, 0.3) is 0 Å². The summed E-state index contributed by atoms with van der Waals surface area (Å²) in [7, 11) is 0. The summed E-state index contributed by atoms with van der Waals surface area (Å²) in [6, 6.07) is 0.740. The van der Waals surface area contributed by atoms with Crippen LogP contribution in [0.5, 0.6) is 0 Å². The number of carbonyl (C=O) groups excluding carboxylic acids is 1. The van der Waals surface area contributed by atoms with Gasteiger partial charge in [-0.15, -0.1) is 0 Å². The van der Waals surface area contributed by atoms with Gasteiger partial charge in [0.05, 0.1) is 0 Å². The highest BCUT2D eigenvalue weighted by Crippen LogP contribution is 2.24. The van der Waals surface area contributed by atoms with E-state index in [0.717, 1.165) is 38.4 Å². The molecular formula is C15H28N2O. The first-order valence-corrected chi connectivity index (χ1v) is 7.79. The highest BCUT2D eigenvalue weighted by atomic mass is 16.1. The first-order chi connectivity index (χ1) is 8.77. The molecule has 0 radical (unpaired) electrons. The fourth-order valence-electron chi connectivity index (χ4n) is 3.32. The molecule has 1 amide bonds. The fourth-order valence-corrected chi connectivity index (χ4v) is 3.32. The second-order valence-corrected chi connectivity index (χ2v) is 6.01. The lowest BCUT2D eigenvalue weighted by atomic mass is 10.0. The lowest BCUT2D eigenvalue weighted by Gasteiger charge is -2.33. The van der Waals surface area contributed by atoms with Gasteiger partial charge < -0.3 is 10.2 Å². The van der Waals surface area contributed by atoms with Crippen LogP contribution in [0.3, 0.4) is 0 Å². The molecule has 1 saturated heterocycles. The first kappa shape index (κ1) is 13.9. The molecule has 0 bridgehead atoms. The summed E-state index contributed by atoms with van der Waals surface area (Å²) < 4.78 is 0. The van der Waals surface area contributed by atoms with Crippen molar-refractivity contribution in [3.05, 3.63) is 0 Å². The van der Waals surface area contributed by atoms with Crippen LogP contribution in [0.1, 0.15) is 58.3 Å². The number of likely N-dealkylation sites (tertiary alicyclic amines) is 1.